The zero-order chi connectivity index (χ0) is 19.4. The van der Waals surface area contributed by atoms with E-state index in [1.54, 1.807) is 36.2 Å². The van der Waals surface area contributed by atoms with Gasteiger partial charge in [-0.2, -0.15) is 0 Å². The van der Waals surface area contributed by atoms with Crippen LogP contribution in [0.15, 0.2) is 48.5 Å². The standard InChI is InChI=1S/C21H23N3O3/c1-3-14-7-9-18(10-8-14)24-13-16(12-19(24)25)21(27)23-17-6-4-5-15(11-17)20(26)22-2/h4-11,16H,3,12-13H2,1-2H3,(H,22,26)(H,23,27). The number of hydrogen-bond acceptors (Lipinski definition) is 3. The fourth-order valence-electron chi connectivity index (χ4n) is 3.17. The molecule has 1 fully saturated rings. The molecule has 6 heteroatoms. The van der Waals surface area contributed by atoms with Gasteiger partial charge in [-0.05, 0) is 42.3 Å². The summed E-state index contributed by atoms with van der Waals surface area (Å²) in [5.74, 6) is -0.917. The van der Waals surface area contributed by atoms with Crippen molar-refractivity contribution in [2.45, 2.75) is 19.8 Å². The highest BCUT2D eigenvalue weighted by Gasteiger charge is 2.35. The molecule has 1 aliphatic heterocycles. The highest BCUT2D eigenvalue weighted by atomic mass is 16.2. The van der Waals surface area contributed by atoms with Crippen LogP contribution in [0.2, 0.25) is 0 Å². The first kappa shape index (κ1) is 18.6. The molecule has 3 amide bonds. The molecule has 1 atom stereocenters. The molecule has 0 aromatic heterocycles. The van der Waals surface area contributed by atoms with E-state index in [4.69, 9.17) is 0 Å². The van der Waals surface area contributed by atoms with Gasteiger partial charge in [0.1, 0.15) is 0 Å². The Bertz CT molecular complexity index is 861. The van der Waals surface area contributed by atoms with Crippen molar-refractivity contribution in [1.82, 2.24) is 5.32 Å². The number of carbonyl (C=O) groups is 3. The SMILES string of the molecule is CCc1ccc(N2CC(C(=O)Nc3cccc(C(=O)NC)c3)CC2=O)cc1. The predicted molar refractivity (Wildman–Crippen MR) is 105 cm³/mol. The van der Waals surface area contributed by atoms with Crippen molar-refractivity contribution in [2.75, 3.05) is 23.8 Å². The van der Waals surface area contributed by atoms with Gasteiger partial charge in [-0.1, -0.05) is 25.1 Å². The Morgan fingerprint density at radius 1 is 1.15 bits per heavy atom. The number of aryl methyl sites for hydroxylation is 1. The van der Waals surface area contributed by atoms with Gasteiger partial charge in [-0.15, -0.1) is 0 Å². The monoisotopic (exact) mass is 365 g/mol. The summed E-state index contributed by atoms with van der Waals surface area (Å²) in [6.45, 7) is 2.43. The molecule has 0 saturated carbocycles. The molecular weight excluding hydrogens is 342 g/mol. The lowest BCUT2D eigenvalue weighted by Crippen LogP contribution is -2.28. The van der Waals surface area contributed by atoms with Crippen LogP contribution in [-0.4, -0.2) is 31.3 Å². The molecule has 6 nitrogen and oxygen atoms in total. The van der Waals surface area contributed by atoms with Crippen LogP contribution in [-0.2, 0) is 16.0 Å². The van der Waals surface area contributed by atoms with Gasteiger partial charge < -0.3 is 15.5 Å². The summed E-state index contributed by atoms with van der Waals surface area (Å²) in [6, 6.07) is 14.6. The lowest BCUT2D eigenvalue weighted by molar-refractivity contribution is -0.122. The van der Waals surface area contributed by atoms with E-state index in [1.165, 1.54) is 5.56 Å². The van der Waals surface area contributed by atoms with E-state index in [2.05, 4.69) is 17.6 Å². The Morgan fingerprint density at radius 3 is 2.56 bits per heavy atom. The Morgan fingerprint density at radius 2 is 1.89 bits per heavy atom. The third kappa shape index (κ3) is 4.16. The molecule has 3 rings (SSSR count). The van der Waals surface area contributed by atoms with Gasteiger partial charge in [-0.3, -0.25) is 14.4 Å². The molecule has 0 aliphatic carbocycles. The van der Waals surface area contributed by atoms with Gasteiger partial charge in [0.25, 0.3) is 5.91 Å². The lowest BCUT2D eigenvalue weighted by atomic mass is 10.1. The normalized spacial score (nSPS) is 16.3. The number of anilines is 2. The first-order chi connectivity index (χ1) is 13.0. The minimum absolute atomic E-state index is 0.0569. The van der Waals surface area contributed by atoms with E-state index in [0.717, 1.165) is 12.1 Å². The van der Waals surface area contributed by atoms with Crippen molar-refractivity contribution < 1.29 is 14.4 Å². The van der Waals surface area contributed by atoms with E-state index in [0.29, 0.717) is 17.8 Å². The molecule has 1 aliphatic rings. The van der Waals surface area contributed by atoms with Crippen molar-refractivity contribution >= 4 is 29.1 Å². The van der Waals surface area contributed by atoms with Crippen molar-refractivity contribution in [1.29, 1.82) is 0 Å². The second-order valence-corrected chi connectivity index (χ2v) is 6.57. The lowest BCUT2D eigenvalue weighted by Gasteiger charge is -2.17. The summed E-state index contributed by atoms with van der Waals surface area (Å²) in [6.07, 6.45) is 1.12. The van der Waals surface area contributed by atoms with E-state index >= 15 is 0 Å². The summed E-state index contributed by atoms with van der Waals surface area (Å²) >= 11 is 0. The third-order valence-corrected chi connectivity index (χ3v) is 4.77. The van der Waals surface area contributed by atoms with Gasteiger partial charge in [0, 0.05) is 37.0 Å². The molecule has 140 valence electrons. The molecule has 1 heterocycles. The average Bonchev–Trinajstić information content (AvgIpc) is 3.09. The summed E-state index contributed by atoms with van der Waals surface area (Å²) in [5, 5.41) is 5.37. The van der Waals surface area contributed by atoms with E-state index in [9.17, 15) is 14.4 Å². The second-order valence-electron chi connectivity index (χ2n) is 6.57. The number of hydrogen-bond donors (Lipinski definition) is 2. The summed E-state index contributed by atoms with van der Waals surface area (Å²) in [4.78, 5) is 38.3. The summed E-state index contributed by atoms with van der Waals surface area (Å²) in [5.41, 5.74) is 3.03. The Kier molecular flexibility index (Phi) is 5.54. The minimum atomic E-state index is -0.424. The van der Waals surface area contributed by atoms with Crippen molar-refractivity contribution in [3.05, 3.63) is 59.7 Å². The average molecular weight is 365 g/mol. The molecule has 2 N–H and O–H groups in total. The zero-order valence-electron chi connectivity index (χ0n) is 15.5. The minimum Gasteiger partial charge on any atom is -0.355 e. The maximum Gasteiger partial charge on any atom is 0.251 e. The first-order valence-corrected chi connectivity index (χ1v) is 9.04. The van der Waals surface area contributed by atoms with Gasteiger partial charge in [0.15, 0.2) is 0 Å². The smallest absolute Gasteiger partial charge is 0.251 e. The first-order valence-electron chi connectivity index (χ1n) is 9.04. The second kappa shape index (κ2) is 8.03. The Labute approximate surface area is 158 Å². The van der Waals surface area contributed by atoms with E-state index < -0.39 is 5.92 Å². The highest BCUT2D eigenvalue weighted by Crippen LogP contribution is 2.26. The maximum absolute atomic E-state index is 12.6. The van der Waals surface area contributed by atoms with Gasteiger partial charge in [0.2, 0.25) is 11.8 Å². The van der Waals surface area contributed by atoms with Gasteiger partial charge in [0.05, 0.1) is 5.92 Å². The van der Waals surface area contributed by atoms with E-state index in [-0.39, 0.29) is 24.1 Å². The van der Waals surface area contributed by atoms with Crippen molar-refractivity contribution in [3.8, 4) is 0 Å². The third-order valence-electron chi connectivity index (χ3n) is 4.77. The number of nitrogens with zero attached hydrogens (tertiary/aromatic N) is 1. The van der Waals surface area contributed by atoms with Crippen LogP contribution in [0.1, 0.15) is 29.3 Å². The highest BCUT2D eigenvalue weighted by molar-refractivity contribution is 6.04. The van der Waals surface area contributed by atoms with E-state index in [1.807, 2.05) is 24.3 Å². The van der Waals surface area contributed by atoms with Crippen LogP contribution in [0, 0.1) is 5.92 Å². The molecule has 0 bridgehead atoms. The topological polar surface area (TPSA) is 78.5 Å². The largest absolute Gasteiger partial charge is 0.355 e. The molecule has 27 heavy (non-hydrogen) atoms. The van der Waals surface area contributed by atoms with Crippen LogP contribution in [0.25, 0.3) is 0 Å². The molecule has 1 saturated heterocycles. The zero-order valence-corrected chi connectivity index (χ0v) is 15.5. The molecule has 0 radical (unpaired) electrons. The van der Waals surface area contributed by atoms with Crippen molar-refractivity contribution in [2.24, 2.45) is 5.92 Å². The quantitative estimate of drug-likeness (QED) is 0.855. The van der Waals surface area contributed by atoms with Gasteiger partial charge in [-0.25, -0.2) is 0 Å². The number of rotatable bonds is 5. The molecule has 0 spiro atoms. The summed E-state index contributed by atoms with van der Waals surface area (Å²) < 4.78 is 0. The van der Waals surface area contributed by atoms with Crippen LogP contribution >= 0.6 is 0 Å². The van der Waals surface area contributed by atoms with Crippen molar-refractivity contribution in [3.63, 3.8) is 0 Å². The number of carbonyl (C=O) groups excluding carboxylic acids is 3. The number of benzene rings is 2. The molecule has 1 unspecified atom stereocenters. The Hall–Kier alpha value is -3.15. The Balaban J connectivity index is 1.67. The van der Waals surface area contributed by atoms with Crippen LogP contribution in [0.3, 0.4) is 0 Å². The summed E-state index contributed by atoms with van der Waals surface area (Å²) in [7, 11) is 1.55. The molecule has 2 aromatic rings. The van der Waals surface area contributed by atoms with Crippen LogP contribution < -0.4 is 15.5 Å². The maximum atomic E-state index is 12.6. The van der Waals surface area contributed by atoms with Gasteiger partial charge >= 0.3 is 0 Å². The fraction of sp³-hybridized carbons (Fsp3) is 0.286. The number of amides is 3. The van der Waals surface area contributed by atoms with Crippen LogP contribution in [0.5, 0.6) is 0 Å². The molecule has 2 aromatic carbocycles. The molecular formula is C21H23N3O3. The number of nitrogens with one attached hydrogen (secondary N) is 2. The predicted octanol–water partition coefficient (Wildman–Crippen LogP) is 2.60. The van der Waals surface area contributed by atoms with Crippen LogP contribution in [0.4, 0.5) is 11.4 Å². The fourth-order valence-corrected chi connectivity index (χ4v) is 3.17.